The van der Waals surface area contributed by atoms with E-state index in [4.69, 9.17) is 4.74 Å². The third kappa shape index (κ3) is 4.29. The highest BCUT2D eigenvalue weighted by Crippen LogP contribution is 2.43. The fourth-order valence-corrected chi connectivity index (χ4v) is 2.78. The number of nitrogens with one attached hydrogen (secondary N) is 1. The Morgan fingerprint density at radius 1 is 1.38 bits per heavy atom. The van der Waals surface area contributed by atoms with Gasteiger partial charge in [-0.05, 0) is 37.2 Å². The molecular formula is C17H25NO3. The van der Waals surface area contributed by atoms with E-state index in [-0.39, 0.29) is 11.3 Å². The van der Waals surface area contributed by atoms with Crippen LogP contribution in [0.5, 0.6) is 0 Å². The van der Waals surface area contributed by atoms with Crippen LogP contribution in [0.4, 0.5) is 0 Å². The van der Waals surface area contributed by atoms with Crippen LogP contribution in [-0.2, 0) is 9.53 Å². The van der Waals surface area contributed by atoms with Crippen molar-refractivity contribution in [2.24, 2.45) is 5.41 Å². The van der Waals surface area contributed by atoms with E-state index >= 15 is 0 Å². The fourth-order valence-electron chi connectivity index (χ4n) is 2.78. The highest BCUT2D eigenvalue weighted by molar-refractivity contribution is 5.81. The molecule has 4 nitrogen and oxygen atoms in total. The van der Waals surface area contributed by atoms with Gasteiger partial charge in [0, 0.05) is 19.8 Å². The molecule has 0 aliphatic heterocycles. The topological polar surface area (TPSA) is 58.6 Å². The zero-order chi connectivity index (χ0) is 15.1. The highest BCUT2D eigenvalue weighted by atomic mass is 16.5. The van der Waals surface area contributed by atoms with Gasteiger partial charge in [-0.1, -0.05) is 36.8 Å². The van der Waals surface area contributed by atoms with Crippen molar-refractivity contribution in [1.82, 2.24) is 5.32 Å². The van der Waals surface area contributed by atoms with Crippen molar-refractivity contribution in [3.8, 4) is 0 Å². The Morgan fingerprint density at radius 3 is 2.67 bits per heavy atom. The average molecular weight is 291 g/mol. The molecule has 0 radical (unpaired) electrons. The van der Waals surface area contributed by atoms with E-state index < -0.39 is 6.10 Å². The maximum absolute atomic E-state index is 12.1. The first-order valence-electron chi connectivity index (χ1n) is 7.75. The maximum Gasteiger partial charge on any atom is 0.253 e. The fraction of sp³-hybridized carbons (Fsp3) is 0.588. The Labute approximate surface area is 126 Å². The first kappa shape index (κ1) is 16.0. The number of hydrogen-bond donors (Lipinski definition) is 2. The molecule has 0 heterocycles. The quantitative estimate of drug-likeness (QED) is 0.723. The van der Waals surface area contributed by atoms with Gasteiger partial charge >= 0.3 is 0 Å². The summed E-state index contributed by atoms with van der Waals surface area (Å²) >= 11 is 0. The monoisotopic (exact) mass is 291 g/mol. The number of amides is 1. The summed E-state index contributed by atoms with van der Waals surface area (Å²) in [5.74, 6) is -0.316. The molecule has 1 aliphatic rings. The second kappa shape index (κ2) is 7.57. The lowest BCUT2D eigenvalue weighted by molar-refractivity contribution is -0.130. The van der Waals surface area contributed by atoms with Crippen molar-refractivity contribution in [1.29, 1.82) is 0 Å². The van der Waals surface area contributed by atoms with Gasteiger partial charge in [-0.2, -0.15) is 0 Å². The van der Waals surface area contributed by atoms with E-state index in [1.807, 2.05) is 25.1 Å². The Balaban J connectivity index is 1.82. The molecule has 0 spiro atoms. The summed E-state index contributed by atoms with van der Waals surface area (Å²) in [7, 11) is 0. The molecule has 1 aromatic carbocycles. The molecule has 1 amide bonds. The van der Waals surface area contributed by atoms with Crippen LogP contribution in [0.3, 0.4) is 0 Å². The van der Waals surface area contributed by atoms with Gasteiger partial charge in [0.25, 0.3) is 5.91 Å². The molecule has 2 rings (SSSR count). The number of carbonyl (C=O) groups is 1. The van der Waals surface area contributed by atoms with E-state index in [1.165, 1.54) is 6.42 Å². The van der Waals surface area contributed by atoms with Crippen LogP contribution in [0.15, 0.2) is 30.3 Å². The van der Waals surface area contributed by atoms with Crippen LogP contribution in [0, 0.1) is 5.41 Å². The number of carbonyl (C=O) groups excluding carboxylic acids is 1. The number of ether oxygens (including phenoxy) is 1. The Bertz CT molecular complexity index is 443. The average Bonchev–Trinajstić information content (AvgIpc) is 2.49. The Kier molecular flexibility index (Phi) is 5.76. The van der Waals surface area contributed by atoms with Gasteiger partial charge in [-0.15, -0.1) is 0 Å². The summed E-state index contributed by atoms with van der Waals surface area (Å²) < 4.78 is 5.43. The van der Waals surface area contributed by atoms with E-state index in [0.29, 0.717) is 12.1 Å². The number of benzene rings is 1. The zero-order valence-electron chi connectivity index (χ0n) is 12.7. The van der Waals surface area contributed by atoms with Crippen LogP contribution in [0.2, 0.25) is 0 Å². The molecule has 1 saturated carbocycles. The van der Waals surface area contributed by atoms with Crippen LogP contribution in [0.25, 0.3) is 0 Å². The molecule has 21 heavy (non-hydrogen) atoms. The standard InChI is InChI=1S/C17H25NO3/c1-2-21-12-11-17(9-6-10-17)13-18-16(20)15(19)14-7-4-3-5-8-14/h3-5,7-8,15,19H,2,6,9-13H2,1H3,(H,18,20). The van der Waals surface area contributed by atoms with Gasteiger partial charge in [0.2, 0.25) is 0 Å². The minimum atomic E-state index is -1.09. The second-order valence-corrected chi connectivity index (χ2v) is 5.83. The van der Waals surface area contributed by atoms with Gasteiger partial charge in [-0.25, -0.2) is 0 Å². The zero-order valence-corrected chi connectivity index (χ0v) is 12.7. The third-order valence-corrected chi connectivity index (χ3v) is 4.40. The minimum absolute atomic E-state index is 0.168. The van der Waals surface area contributed by atoms with E-state index in [2.05, 4.69) is 5.32 Å². The van der Waals surface area contributed by atoms with Crippen molar-refractivity contribution >= 4 is 5.91 Å². The van der Waals surface area contributed by atoms with Crippen molar-refractivity contribution in [3.63, 3.8) is 0 Å². The predicted octanol–water partition coefficient (Wildman–Crippen LogP) is 2.43. The highest BCUT2D eigenvalue weighted by Gasteiger charge is 2.37. The van der Waals surface area contributed by atoms with E-state index in [9.17, 15) is 9.90 Å². The number of aliphatic hydroxyl groups is 1. The number of rotatable bonds is 8. The first-order valence-corrected chi connectivity index (χ1v) is 7.75. The summed E-state index contributed by atoms with van der Waals surface area (Å²) in [6.45, 7) is 4.09. The summed E-state index contributed by atoms with van der Waals surface area (Å²) in [6, 6.07) is 9.03. The molecule has 1 unspecified atom stereocenters. The molecule has 1 atom stereocenters. The third-order valence-electron chi connectivity index (χ3n) is 4.40. The summed E-state index contributed by atoms with van der Waals surface area (Å²) in [6.07, 6.45) is 3.35. The van der Waals surface area contributed by atoms with E-state index in [1.54, 1.807) is 12.1 Å². The van der Waals surface area contributed by atoms with Crippen LogP contribution >= 0.6 is 0 Å². The van der Waals surface area contributed by atoms with Gasteiger partial charge in [0.15, 0.2) is 6.10 Å². The van der Waals surface area contributed by atoms with Crippen LogP contribution in [-0.4, -0.2) is 30.8 Å². The lowest BCUT2D eigenvalue weighted by Crippen LogP contribution is -2.44. The van der Waals surface area contributed by atoms with Gasteiger partial charge in [0.1, 0.15) is 0 Å². The molecule has 0 saturated heterocycles. The lowest BCUT2D eigenvalue weighted by atomic mass is 9.66. The smallest absolute Gasteiger partial charge is 0.253 e. The summed E-state index contributed by atoms with van der Waals surface area (Å²) in [5.41, 5.74) is 0.799. The number of hydrogen-bond acceptors (Lipinski definition) is 3. The van der Waals surface area contributed by atoms with Gasteiger partial charge < -0.3 is 15.2 Å². The van der Waals surface area contributed by atoms with Crippen LogP contribution in [0.1, 0.15) is 44.3 Å². The molecule has 0 aromatic heterocycles. The van der Waals surface area contributed by atoms with Crippen LogP contribution < -0.4 is 5.32 Å². The normalized spacial score (nSPS) is 17.8. The molecule has 0 bridgehead atoms. The summed E-state index contributed by atoms with van der Waals surface area (Å²) in [4.78, 5) is 12.1. The lowest BCUT2D eigenvalue weighted by Gasteiger charge is -2.42. The molecular weight excluding hydrogens is 266 g/mol. The predicted molar refractivity (Wildman–Crippen MR) is 81.8 cm³/mol. The first-order chi connectivity index (χ1) is 10.2. The van der Waals surface area contributed by atoms with Crippen molar-refractivity contribution in [3.05, 3.63) is 35.9 Å². The molecule has 1 aromatic rings. The number of aliphatic hydroxyl groups excluding tert-OH is 1. The minimum Gasteiger partial charge on any atom is -0.382 e. The van der Waals surface area contributed by atoms with E-state index in [0.717, 1.165) is 32.5 Å². The molecule has 1 fully saturated rings. The maximum atomic E-state index is 12.1. The SMILES string of the molecule is CCOCCC1(CNC(=O)C(O)c2ccccc2)CCC1. The molecule has 2 N–H and O–H groups in total. The van der Waals surface area contributed by atoms with Gasteiger partial charge in [-0.3, -0.25) is 4.79 Å². The molecule has 1 aliphatic carbocycles. The van der Waals surface area contributed by atoms with Crippen molar-refractivity contribution < 1.29 is 14.6 Å². The van der Waals surface area contributed by atoms with Crippen molar-refractivity contribution in [2.45, 2.75) is 38.7 Å². The largest absolute Gasteiger partial charge is 0.382 e. The molecule has 116 valence electrons. The van der Waals surface area contributed by atoms with Crippen molar-refractivity contribution in [2.75, 3.05) is 19.8 Å². The molecule has 4 heteroatoms. The Hall–Kier alpha value is -1.39. The Morgan fingerprint density at radius 2 is 2.10 bits per heavy atom. The summed E-state index contributed by atoms with van der Waals surface area (Å²) in [5, 5.41) is 13.0. The van der Waals surface area contributed by atoms with Gasteiger partial charge in [0.05, 0.1) is 0 Å². The second-order valence-electron chi connectivity index (χ2n) is 5.83.